The van der Waals surface area contributed by atoms with E-state index in [1.54, 1.807) is 18.2 Å². The number of carbonyl (C=O) groups is 2. The lowest BCUT2D eigenvalue weighted by molar-refractivity contribution is -0.119. The first-order valence-electron chi connectivity index (χ1n) is 7.97. The molecule has 0 aliphatic rings. The summed E-state index contributed by atoms with van der Waals surface area (Å²) in [7, 11) is -1.02. The quantitative estimate of drug-likeness (QED) is 0.689. The van der Waals surface area contributed by atoms with Crippen LogP contribution in [-0.2, 0) is 19.6 Å². The van der Waals surface area contributed by atoms with Crippen LogP contribution in [0.25, 0.3) is 0 Å². The van der Waals surface area contributed by atoms with Gasteiger partial charge in [-0.2, -0.15) is 0 Å². The largest absolute Gasteiger partial charge is 0.452 e. The molecule has 0 heterocycles. The van der Waals surface area contributed by atoms with Gasteiger partial charge in [0.15, 0.2) is 6.61 Å². The van der Waals surface area contributed by atoms with Crippen LogP contribution >= 0.6 is 23.2 Å². The molecule has 0 saturated carbocycles. The van der Waals surface area contributed by atoms with Gasteiger partial charge in [0.05, 0.1) is 15.5 Å². The predicted molar refractivity (Wildman–Crippen MR) is 107 cm³/mol. The van der Waals surface area contributed by atoms with Gasteiger partial charge in [-0.05, 0) is 42.8 Å². The molecule has 0 radical (unpaired) electrons. The summed E-state index contributed by atoms with van der Waals surface area (Å²) in [5.74, 6) is -1.50. The molecule has 1 N–H and O–H groups in total. The van der Waals surface area contributed by atoms with E-state index in [1.165, 1.54) is 26.2 Å². The van der Waals surface area contributed by atoms with E-state index in [0.29, 0.717) is 10.7 Å². The van der Waals surface area contributed by atoms with Gasteiger partial charge in [-0.3, -0.25) is 4.79 Å². The van der Waals surface area contributed by atoms with Gasteiger partial charge in [-0.15, -0.1) is 0 Å². The Hall–Kier alpha value is -2.13. The number of benzene rings is 2. The Morgan fingerprint density at radius 2 is 1.75 bits per heavy atom. The van der Waals surface area contributed by atoms with E-state index in [-0.39, 0.29) is 15.5 Å². The average molecular weight is 445 g/mol. The van der Waals surface area contributed by atoms with Gasteiger partial charge >= 0.3 is 5.97 Å². The Morgan fingerprint density at radius 1 is 1.07 bits per heavy atom. The molecule has 0 fully saturated rings. The van der Waals surface area contributed by atoms with Crippen LogP contribution in [0.15, 0.2) is 41.3 Å². The molecule has 2 aromatic rings. The third kappa shape index (κ3) is 5.23. The molecule has 150 valence electrons. The van der Waals surface area contributed by atoms with Crippen molar-refractivity contribution < 1.29 is 22.7 Å². The van der Waals surface area contributed by atoms with Gasteiger partial charge in [0.1, 0.15) is 0 Å². The summed E-state index contributed by atoms with van der Waals surface area (Å²) in [4.78, 5) is 24.1. The topological polar surface area (TPSA) is 92.8 Å². The van der Waals surface area contributed by atoms with Crippen molar-refractivity contribution >= 4 is 50.8 Å². The standard InChI is InChI=1S/C18H18Cl2N2O5S/c1-11-4-5-12(8-16(11)20)21-17(23)10-27-18(24)14-9-13(6-7-15(14)19)28(25,26)22(2)3/h4-9H,10H2,1-3H3,(H,21,23). The fraction of sp³-hybridized carbons (Fsp3) is 0.222. The molecular weight excluding hydrogens is 427 g/mol. The smallest absolute Gasteiger partial charge is 0.340 e. The van der Waals surface area contributed by atoms with Crippen molar-refractivity contribution in [3.05, 3.63) is 57.6 Å². The molecule has 0 aliphatic heterocycles. The van der Waals surface area contributed by atoms with Gasteiger partial charge < -0.3 is 10.1 Å². The number of hydrogen-bond donors (Lipinski definition) is 1. The van der Waals surface area contributed by atoms with Gasteiger partial charge in [-0.1, -0.05) is 29.3 Å². The number of rotatable bonds is 6. The number of amides is 1. The number of halogens is 2. The van der Waals surface area contributed by atoms with Gasteiger partial charge in [0.25, 0.3) is 5.91 Å². The number of carbonyl (C=O) groups excluding carboxylic acids is 2. The fourth-order valence-electron chi connectivity index (χ4n) is 2.11. The number of anilines is 1. The van der Waals surface area contributed by atoms with E-state index in [4.69, 9.17) is 27.9 Å². The highest BCUT2D eigenvalue weighted by atomic mass is 35.5. The minimum atomic E-state index is -3.75. The molecule has 7 nitrogen and oxygen atoms in total. The van der Waals surface area contributed by atoms with Crippen molar-refractivity contribution in [1.82, 2.24) is 4.31 Å². The number of sulfonamides is 1. The number of aryl methyl sites for hydroxylation is 1. The summed E-state index contributed by atoms with van der Waals surface area (Å²) in [6.07, 6.45) is 0. The molecular formula is C18H18Cl2N2O5S. The summed E-state index contributed by atoms with van der Waals surface area (Å²) >= 11 is 12.0. The van der Waals surface area contributed by atoms with Crippen LogP contribution in [0, 0.1) is 6.92 Å². The predicted octanol–water partition coefficient (Wildman–Crippen LogP) is 3.35. The van der Waals surface area contributed by atoms with Crippen LogP contribution in [0.5, 0.6) is 0 Å². The Kier molecular flexibility index (Phi) is 7.06. The molecule has 0 spiro atoms. The first kappa shape index (κ1) is 22.2. The highest BCUT2D eigenvalue weighted by Crippen LogP contribution is 2.23. The van der Waals surface area contributed by atoms with Crippen LogP contribution in [0.2, 0.25) is 10.0 Å². The van der Waals surface area contributed by atoms with Gasteiger partial charge in [0, 0.05) is 24.8 Å². The molecule has 0 unspecified atom stereocenters. The lowest BCUT2D eigenvalue weighted by atomic mass is 10.2. The number of nitrogens with one attached hydrogen (secondary N) is 1. The number of ether oxygens (including phenoxy) is 1. The number of esters is 1. The van der Waals surface area contributed by atoms with Crippen molar-refractivity contribution in [3.8, 4) is 0 Å². The second-order valence-corrected chi connectivity index (χ2v) is 8.98. The molecule has 2 aromatic carbocycles. The van der Waals surface area contributed by atoms with Gasteiger partial charge in [0.2, 0.25) is 10.0 Å². The zero-order chi connectivity index (χ0) is 21.1. The molecule has 0 aliphatic carbocycles. The molecule has 0 atom stereocenters. The van der Waals surface area contributed by atoms with E-state index in [9.17, 15) is 18.0 Å². The van der Waals surface area contributed by atoms with Crippen molar-refractivity contribution in [3.63, 3.8) is 0 Å². The first-order valence-corrected chi connectivity index (χ1v) is 10.2. The lowest BCUT2D eigenvalue weighted by Gasteiger charge is -2.13. The molecule has 0 saturated heterocycles. The van der Waals surface area contributed by atoms with Crippen LogP contribution in [0.1, 0.15) is 15.9 Å². The Bertz CT molecular complexity index is 1020. The van der Waals surface area contributed by atoms with E-state index < -0.39 is 28.5 Å². The maximum atomic E-state index is 12.3. The van der Waals surface area contributed by atoms with Crippen molar-refractivity contribution in [1.29, 1.82) is 0 Å². The Morgan fingerprint density at radius 3 is 2.36 bits per heavy atom. The van der Waals surface area contributed by atoms with Crippen LogP contribution in [-0.4, -0.2) is 45.3 Å². The molecule has 2 rings (SSSR count). The molecule has 1 amide bonds. The van der Waals surface area contributed by atoms with E-state index in [0.717, 1.165) is 15.9 Å². The maximum Gasteiger partial charge on any atom is 0.340 e. The Balaban J connectivity index is 2.08. The van der Waals surface area contributed by atoms with Crippen molar-refractivity contribution in [2.24, 2.45) is 0 Å². The summed E-state index contributed by atoms with van der Waals surface area (Å²) < 4.78 is 30.3. The highest BCUT2D eigenvalue weighted by Gasteiger charge is 2.22. The minimum Gasteiger partial charge on any atom is -0.452 e. The molecule has 28 heavy (non-hydrogen) atoms. The average Bonchev–Trinajstić information content (AvgIpc) is 2.63. The number of nitrogens with zero attached hydrogens (tertiary/aromatic N) is 1. The molecule has 10 heteroatoms. The Labute approximate surface area is 173 Å². The van der Waals surface area contributed by atoms with Crippen molar-refractivity contribution in [2.45, 2.75) is 11.8 Å². The summed E-state index contributed by atoms with van der Waals surface area (Å²) in [6, 6.07) is 8.64. The monoisotopic (exact) mass is 444 g/mol. The van der Waals surface area contributed by atoms with E-state index in [1.807, 2.05) is 6.92 Å². The SMILES string of the molecule is Cc1ccc(NC(=O)COC(=O)c2cc(S(=O)(=O)N(C)C)ccc2Cl)cc1Cl. The second kappa shape index (κ2) is 8.91. The fourth-order valence-corrected chi connectivity index (χ4v) is 3.41. The van der Waals surface area contributed by atoms with Crippen LogP contribution in [0.4, 0.5) is 5.69 Å². The molecule has 0 aromatic heterocycles. The third-order valence-corrected chi connectivity index (χ3v) is 6.27. The molecule has 0 bridgehead atoms. The number of hydrogen-bond acceptors (Lipinski definition) is 5. The normalized spacial score (nSPS) is 11.4. The lowest BCUT2D eigenvalue weighted by Crippen LogP contribution is -2.23. The second-order valence-electron chi connectivity index (χ2n) is 6.02. The van der Waals surface area contributed by atoms with Crippen LogP contribution < -0.4 is 5.32 Å². The van der Waals surface area contributed by atoms with Gasteiger partial charge in [-0.25, -0.2) is 17.5 Å². The van der Waals surface area contributed by atoms with E-state index in [2.05, 4.69) is 5.32 Å². The highest BCUT2D eigenvalue weighted by molar-refractivity contribution is 7.89. The zero-order valence-corrected chi connectivity index (χ0v) is 17.7. The zero-order valence-electron chi connectivity index (χ0n) is 15.3. The van der Waals surface area contributed by atoms with Crippen molar-refractivity contribution in [2.75, 3.05) is 26.0 Å². The maximum absolute atomic E-state index is 12.3. The summed E-state index contributed by atoms with van der Waals surface area (Å²) in [5.41, 5.74) is 1.15. The van der Waals surface area contributed by atoms with E-state index >= 15 is 0 Å². The third-order valence-electron chi connectivity index (χ3n) is 3.73. The summed E-state index contributed by atoms with van der Waals surface area (Å²) in [5, 5.41) is 3.04. The van der Waals surface area contributed by atoms with Crippen LogP contribution in [0.3, 0.4) is 0 Å². The first-order chi connectivity index (χ1) is 13.0. The summed E-state index contributed by atoms with van der Waals surface area (Å²) in [6.45, 7) is 1.25. The minimum absolute atomic E-state index is 0.00781.